The highest BCUT2D eigenvalue weighted by Gasteiger charge is 2.05. The molecule has 0 spiro atoms. The van der Waals surface area contributed by atoms with Crippen LogP contribution in [0.2, 0.25) is 0 Å². The van der Waals surface area contributed by atoms with Crippen LogP contribution in [-0.4, -0.2) is 9.97 Å². The Hall–Kier alpha value is -0.920. The molecule has 2 heteroatoms. The Kier molecular flexibility index (Phi) is 50.6. The van der Waals surface area contributed by atoms with Crippen LogP contribution in [0.4, 0.5) is 0 Å². The van der Waals surface area contributed by atoms with Gasteiger partial charge < -0.3 is 0 Å². The lowest BCUT2D eigenvalue weighted by Gasteiger charge is -2.08. The first-order valence-corrected chi connectivity index (χ1v) is 30.7. The van der Waals surface area contributed by atoms with Gasteiger partial charge in [-0.3, -0.25) is 0 Å². The van der Waals surface area contributed by atoms with E-state index in [0.29, 0.717) is 0 Å². The van der Waals surface area contributed by atoms with E-state index in [1.165, 1.54) is 345 Å². The summed E-state index contributed by atoms with van der Waals surface area (Å²) in [6.07, 6.45) is 78.8. The molecule has 1 aromatic heterocycles. The molecule has 0 saturated carbocycles. The molecule has 0 aromatic carbocycles. The van der Waals surface area contributed by atoms with E-state index in [1.807, 2.05) is 0 Å². The van der Waals surface area contributed by atoms with Crippen LogP contribution in [0.25, 0.3) is 0 Å². The fourth-order valence-corrected chi connectivity index (χ4v) is 10.3. The van der Waals surface area contributed by atoms with E-state index in [-0.39, 0.29) is 0 Å². The zero-order chi connectivity index (χ0) is 45.7. The van der Waals surface area contributed by atoms with Crippen molar-refractivity contribution in [2.24, 2.45) is 0 Å². The maximum atomic E-state index is 4.92. The first kappa shape index (κ1) is 61.1. The summed E-state index contributed by atoms with van der Waals surface area (Å²) >= 11 is 0. The van der Waals surface area contributed by atoms with Gasteiger partial charge in [-0.2, -0.15) is 0 Å². The molecule has 0 aliphatic carbocycles. The van der Waals surface area contributed by atoms with Gasteiger partial charge in [0.2, 0.25) is 0 Å². The average Bonchev–Trinajstić information content (AvgIpc) is 3.31. The molecule has 378 valence electrons. The van der Waals surface area contributed by atoms with Crippen molar-refractivity contribution in [3.63, 3.8) is 0 Å². The van der Waals surface area contributed by atoms with Gasteiger partial charge in [0.05, 0.1) is 0 Å². The van der Waals surface area contributed by atoms with E-state index < -0.39 is 0 Å². The monoisotopic (exact) mass is 893 g/mol. The van der Waals surface area contributed by atoms with Gasteiger partial charge in [0.15, 0.2) is 0 Å². The molecule has 2 nitrogen and oxygen atoms in total. The van der Waals surface area contributed by atoms with Crippen molar-refractivity contribution in [3.05, 3.63) is 23.3 Å². The molecule has 1 rings (SSSR count). The Morgan fingerprint density at radius 1 is 0.219 bits per heavy atom. The quantitative estimate of drug-likeness (QED) is 0.0609. The van der Waals surface area contributed by atoms with Crippen LogP contribution < -0.4 is 0 Å². The highest BCUT2D eigenvalue weighted by atomic mass is 14.9. The number of hydrogen-bond donors (Lipinski definition) is 0. The van der Waals surface area contributed by atoms with Gasteiger partial charge in [-0.1, -0.05) is 342 Å². The number of unbranched alkanes of at least 4 members (excludes halogenated alkanes) is 50. The predicted octanol–water partition coefficient (Wildman–Crippen LogP) is 22.4. The van der Waals surface area contributed by atoms with Crippen molar-refractivity contribution in [2.45, 2.75) is 374 Å². The lowest BCUT2D eigenvalue weighted by molar-refractivity contribution is 0.515. The van der Waals surface area contributed by atoms with Gasteiger partial charge in [-0.25, -0.2) is 9.97 Å². The second-order valence-electron chi connectivity index (χ2n) is 21.3. The van der Waals surface area contributed by atoms with E-state index in [2.05, 4.69) is 26.8 Å². The third-order valence-corrected chi connectivity index (χ3v) is 14.8. The van der Waals surface area contributed by atoms with Gasteiger partial charge in [-0.15, -0.1) is 0 Å². The zero-order valence-electron chi connectivity index (χ0n) is 44.9. The second-order valence-corrected chi connectivity index (χ2v) is 21.3. The Labute approximate surface area is 405 Å². The SMILES string of the molecule is CCCCCCCCCCCCCCCCCCCCCCCCCCCCc1cc(CCCCCCCCCCCCCCCCCCCCCCCCCCCC)nc(CC)n1. The van der Waals surface area contributed by atoms with Gasteiger partial charge in [0, 0.05) is 17.8 Å². The minimum Gasteiger partial charge on any atom is -0.238 e. The molecule has 0 radical (unpaired) electrons. The smallest absolute Gasteiger partial charge is 0.128 e. The Morgan fingerprint density at radius 3 is 0.531 bits per heavy atom. The average molecular weight is 894 g/mol. The van der Waals surface area contributed by atoms with Crippen molar-refractivity contribution in [3.8, 4) is 0 Å². The summed E-state index contributed by atoms with van der Waals surface area (Å²) in [5.41, 5.74) is 2.61. The number of hydrogen-bond acceptors (Lipinski definition) is 2. The topological polar surface area (TPSA) is 25.8 Å². The minimum atomic E-state index is 0.958. The molecular weight excluding hydrogens is 773 g/mol. The molecule has 1 aromatic rings. The second kappa shape index (κ2) is 53.0. The van der Waals surface area contributed by atoms with Crippen LogP contribution in [0.1, 0.15) is 372 Å². The maximum Gasteiger partial charge on any atom is 0.128 e. The summed E-state index contributed by atoms with van der Waals surface area (Å²) < 4.78 is 0. The fourth-order valence-electron chi connectivity index (χ4n) is 10.3. The summed E-state index contributed by atoms with van der Waals surface area (Å²) in [7, 11) is 0. The fraction of sp³-hybridized carbons (Fsp3) is 0.935. The normalized spacial score (nSPS) is 11.7. The molecule has 0 aliphatic rings. The number of rotatable bonds is 55. The Morgan fingerprint density at radius 2 is 0.375 bits per heavy atom. The van der Waals surface area contributed by atoms with E-state index in [0.717, 1.165) is 25.1 Å². The van der Waals surface area contributed by atoms with Gasteiger partial charge in [0.1, 0.15) is 5.82 Å². The van der Waals surface area contributed by atoms with Crippen LogP contribution in [0.3, 0.4) is 0 Å². The first-order valence-electron chi connectivity index (χ1n) is 30.7. The van der Waals surface area contributed by atoms with Crippen LogP contribution in [0.5, 0.6) is 0 Å². The standard InChI is InChI=1S/C62H120N2/c1-4-7-9-11-13-15-17-19-21-23-25-27-29-31-33-35-37-39-41-43-45-47-49-51-53-55-57-60-59-61(64-62(6-3)63-60)58-56-54-52-50-48-46-44-42-40-38-36-34-32-30-28-26-24-22-20-18-16-14-12-10-8-5-2/h59H,4-58H2,1-3H3. The Balaban J connectivity index is 1.83. The van der Waals surface area contributed by atoms with Crippen molar-refractivity contribution in [1.82, 2.24) is 9.97 Å². The van der Waals surface area contributed by atoms with E-state index in [9.17, 15) is 0 Å². The first-order chi connectivity index (χ1) is 31.8. The molecule has 0 amide bonds. The van der Waals surface area contributed by atoms with Crippen molar-refractivity contribution < 1.29 is 0 Å². The van der Waals surface area contributed by atoms with Crippen molar-refractivity contribution >= 4 is 0 Å². The summed E-state index contributed by atoms with van der Waals surface area (Å²) in [5, 5.41) is 0. The number of nitrogens with zero attached hydrogens (tertiary/aromatic N) is 2. The van der Waals surface area contributed by atoms with Gasteiger partial charge in [-0.05, 0) is 31.7 Å². The third-order valence-electron chi connectivity index (χ3n) is 14.8. The third kappa shape index (κ3) is 46.2. The van der Waals surface area contributed by atoms with Gasteiger partial charge in [0.25, 0.3) is 0 Å². The molecule has 0 saturated heterocycles. The molecule has 64 heavy (non-hydrogen) atoms. The molecule has 0 N–H and O–H groups in total. The molecule has 0 aliphatic heterocycles. The van der Waals surface area contributed by atoms with Gasteiger partial charge >= 0.3 is 0 Å². The molecular formula is C62H120N2. The summed E-state index contributed by atoms with van der Waals surface area (Å²) in [5.74, 6) is 1.07. The molecule has 0 atom stereocenters. The number of aryl methyl sites for hydroxylation is 3. The lowest BCUT2D eigenvalue weighted by Crippen LogP contribution is -2.03. The van der Waals surface area contributed by atoms with Crippen LogP contribution >= 0.6 is 0 Å². The minimum absolute atomic E-state index is 0.958. The molecule has 0 bridgehead atoms. The van der Waals surface area contributed by atoms with E-state index in [1.54, 1.807) is 0 Å². The predicted molar refractivity (Wildman–Crippen MR) is 290 cm³/mol. The van der Waals surface area contributed by atoms with Crippen molar-refractivity contribution in [1.29, 1.82) is 0 Å². The Bertz CT molecular complexity index is 928. The summed E-state index contributed by atoms with van der Waals surface area (Å²) in [4.78, 5) is 9.84. The zero-order valence-corrected chi connectivity index (χ0v) is 44.9. The lowest BCUT2D eigenvalue weighted by atomic mass is 10.0. The molecule has 1 heterocycles. The highest BCUT2D eigenvalue weighted by molar-refractivity contribution is 5.12. The summed E-state index contributed by atoms with van der Waals surface area (Å²) in [6, 6.07) is 2.35. The van der Waals surface area contributed by atoms with Crippen LogP contribution in [0.15, 0.2) is 6.07 Å². The molecule has 0 fully saturated rings. The summed E-state index contributed by atoms with van der Waals surface area (Å²) in [6.45, 7) is 6.84. The number of aromatic nitrogens is 2. The van der Waals surface area contributed by atoms with Crippen molar-refractivity contribution in [2.75, 3.05) is 0 Å². The highest BCUT2D eigenvalue weighted by Crippen LogP contribution is 2.19. The van der Waals surface area contributed by atoms with Crippen LogP contribution in [-0.2, 0) is 19.3 Å². The largest absolute Gasteiger partial charge is 0.238 e. The van der Waals surface area contributed by atoms with E-state index in [4.69, 9.17) is 9.97 Å². The maximum absolute atomic E-state index is 4.92. The van der Waals surface area contributed by atoms with E-state index >= 15 is 0 Å². The molecule has 0 unspecified atom stereocenters. The van der Waals surface area contributed by atoms with Crippen LogP contribution in [0, 0.1) is 0 Å².